The van der Waals surface area contributed by atoms with E-state index in [1.54, 1.807) is 4.90 Å². The molecule has 2 aromatic carbocycles. The van der Waals surface area contributed by atoms with Gasteiger partial charge in [0.05, 0.1) is 5.92 Å². The number of nitrogens with zero attached hydrogens (tertiary/aromatic N) is 2. The maximum atomic E-state index is 12.8. The third kappa shape index (κ3) is 4.41. The summed E-state index contributed by atoms with van der Waals surface area (Å²) in [4.78, 5) is 29.1. The highest BCUT2D eigenvalue weighted by molar-refractivity contribution is 6.00. The fraction of sp³-hybridized carbons (Fsp3) is 0.391. The van der Waals surface area contributed by atoms with Gasteiger partial charge < -0.3 is 24.6 Å². The Kier molecular flexibility index (Phi) is 5.90. The number of carbonyl (C=O) groups excluding carboxylic acids is 2. The van der Waals surface area contributed by atoms with Gasteiger partial charge in [-0.25, -0.2) is 0 Å². The van der Waals surface area contributed by atoms with Gasteiger partial charge >= 0.3 is 0 Å². The van der Waals surface area contributed by atoms with Crippen molar-refractivity contribution in [3.8, 4) is 11.5 Å². The highest BCUT2D eigenvalue weighted by atomic mass is 16.6. The smallest absolute Gasteiger partial charge is 0.227 e. The molecule has 0 aromatic heterocycles. The molecule has 158 valence electrons. The van der Waals surface area contributed by atoms with Gasteiger partial charge in [0.2, 0.25) is 11.8 Å². The quantitative estimate of drug-likeness (QED) is 0.792. The molecule has 1 fully saturated rings. The maximum Gasteiger partial charge on any atom is 0.227 e. The first-order valence-electron chi connectivity index (χ1n) is 10.2. The number of amides is 2. The fourth-order valence-electron chi connectivity index (χ4n) is 3.88. The second kappa shape index (κ2) is 8.75. The van der Waals surface area contributed by atoms with Crippen LogP contribution in [0.1, 0.15) is 17.5 Å². The second-order valence-corrected chi connectivity index (χ2v) is 7.96. The Balaban J connectivity index is 1.39. The summed E-state index contributed by atoms with van der Waals surface area (Å²) in [6, 6.07) is 13.5. The van der Waals surface area contributed by atoms with Gasteiger partial charge in [-0.3, -0.25) is 9.59 Å². The number of benzene rings is 2. The molecule has 0 saturated carbocycles. The van der Waals surface area contributed by atoms with E-state index in [1.807, 2.05) is 50.5 Å². The maximum absolute atomic E-state index is 12.8. The van der Waals surface area contributed by atoms with Crippen LogP contribution in [0.2, 0.25) is 0 Å². The Morgan fingerprint density at radius 3 is 2.60 bits per heavy atom. The van der Waals surface area contributed by atoms with Crippen molar-refractivity contribution in [2.75, 3.05) is 38.8 Å². The Hall–Kier alpha value is -3.06. The van der Waals surface area contributed by atoms with Crippen LogP contribution in [0, 0.1) is 5.92 Å². The van der Waals surface area contributed by atoms with Crippen molar-refractivity contribution in [1.29, 1.82) is 0 Å². The van der Waals surface area contributed by atoms with E-state index in [-0.39, 0.29) is 24.2 Å². The van der Waals surface area contributed by atoms with Crippen LogP contribution in [-0.4, -0.2) is 50.6 Å². The van der Waals surface area contributed by atoms with Crippen LogP contribution < -0.4 is 19.7 Å². The lowest BCUT2D eigenvalue weighted by Gasteiger charge is -2.22. The van der Waals surface area contributed by atoms with Crippen molar-refractivity contribution in [2.45, 2.75) is 19.5 Å². The number of carbonyl (C=O) groups is 2. The minimum atomic E-state index is -0.369. The summed E-state index contributed by atoms with van der Waals surface area (Å²) in [6.45, 7) is 2.65. The summed E-state index contributed by atoms with van der Waals surface area (Å²) in [7, 11) is 4.04. The zero-order chi connectivity index (χ0) is 21.1. The largest absolute Gasteiger partial charge is 0.486 e. The second-order valence-electron chi connectivity index (χ2n) is 7.96. The van der Waals surface area contributed by atoms with Crippen molar-refractivity contribution in [2.24, 2.45) is 5.92 Å². The first-order valence-corrected chi connectivity index (χ1v) is 10.2. The van der Waals surface area contributed by atoms with Crippen molar-refractivity contribution >= 4 is 17.5 Å². The first-order chi connectivity index (χ1) is 14.5. The van der Waals surface area contributed by atoms with Crippen LogP contribution in [0.3, 0.4) is 0 Å². The van der Waals surface area contributed by atoms with Gasteiger partial charge in [0, 0.05) is 37.8 Å². The topological polar surface area (TPSA) is 71.1 Å². The van der Waals surface area contributed by atoms with Gasteiger partial charge in [-0.05, 0) is 37.4 Å². The molecule has 0 aliphatic carbocycles. The lowest BCUT2D eigenvalue weighted by atomic mass is 10.1. The van der Waals surface area contributed by atoms with E-state index in [9.17, 15) is 9.59 Å². The third-order valence-corrected chi connectivity index (χ3v) is 5.39. The molecule has 7 heteroatoms. The number of nitrogens with one attached hydrogen (secondary N) is 1. The molecular formula is C23H27N3O4. The van der Waals surface area contributed by atoms with Crippen molar-refractivity contribution in [1.82, 2.24) is 10.2 Å². The average Bonchev–Trinajstić information content (AvgIpc) is 3.14. The molecule has 2 aliphatic rings. The van der Waals surface area contributed by atoms with Crippen LogP contribution >= 0.6 is 0 Å². The number of hydrogen-bond acceptors (Lipinski definition) is 5. The number of rotatable bonds is 6. The summed E-state index contributed by atoms with van der Waals surface area (Å²) in [5, 5.41) is 3.02. The third-order valence-electron chi connectivity index (χ3n) is 5.39. The molecule has 7 nitrogen and oxygen atoms in total. The molecule has 1 unspecified atom stereocenters. The van der Waals surface area contributed by atoms with E-state index in [1.165, 1.54) is 5.56 Å². The molecule has 0 bridgehead atoms. The zero-order valence-electron chi connectivity index (χ0n) is 17.4. The lowest BCUT2D eigenvalue weighted by Crippen LogP contribution is -2.33. The molecule has 0 spiro atoms. The Morgan fingerprint density at radius 1 is 1.10 bits per heavy atom. The SMILES string of the molecule is CN(C)Cc1ccccc1CNC(=O)C1CC(=O)N(c2ccc3c(c2)OCCO3)C1. The van der Waals surface area contributed by atoms with Crippen LogP contribution in [0.25, 0.3) is 0 Å². The molecule has 2 aliphatic heterocycles. The monoisotopic (exact) mass is 409 g/mol. The molecule has 1 saturated heterocycles. The fourth-order valence-corrected chi connectivity index (χ4v) is 3.88. The Labute approximate surface area is 176 Å². The highest BCUT2D eigenvalue weighted by Gasteiger charge is 2.35. The van der Waals surface area contributed by atoms with Crippen molar-refractivity contribution in [3.63, 3.8) is 0 Å². The molecule has 30 heavy (non-hydrogen) atoms. The molecule has 0 radical (unpaired) electrons. The van der Waals surface area contributed by atoms with Gasteiger partial charge in [0.1, 0.15) is 13.2 Å². The highest BCUT2D eigenvalue weighted by Crippen LogP contribution is 2.36. The van der Waals surface area contributed by atoms with E-state index < -0.39 is 0 Å². The van der Waals surface area contributed by atoms with Gasteiger partial charge in [-0.15, -0.1) is 0 Å². The molecule has 1 atom stereocenters. The standard InChI is InChI=1S/C23H27N3O4/c1-25(2)14-17-6-4-3-5-16(17)13-24-23(28)18-11-22(27)26(15-18)19-7-8-20-21(12-19)30-10-9-29-20/h3-8,12,18H,9-11,13-15H2,1-2H3,(H,24,28). The first kappa shape index (κ1) is 20.2. The van der Waals surface area contributed by atoms with Crippen LogP contribution in [0.15, 0.2) is 42.5 Å². The summed E-state index contributed by atoms with van der Waals surface area (Å²) in [6.07, 6.45) is 0.208. The molecular weight excluding hydrogens is 382 g/mol. The van der Waals surface area contributed by atoms with Crippen molar-refractivity contribution < 1.29 is 19.1 Å². The van der Waals surface area contributed by atoms with E-state index in [0.717, 1.165) is 17.8 Å². The predicted molar refractivity (Wildman–Crippen MR) is 114 cm³/mol. The van der Waals surface area contributed by atoms with Gasteiger partial charge in [-0.2, -0.15) is 0 Å². The van der Waals surface area contributed by atoms with E-state index >= 15 is 0 Å². The average molecular weight is 409 g/mol. The number of hydrogen-bond donors (Lipinski definition) is 1. The summed E-state index contributed by atoms with van der Waals surface area (Å²) in [5.41, 5.74) is 3.01. The normalized spacial score (nSPS) is 18.0. The molecule has 4 rings (SSSR count). The summed E-state index contributed by atoms with van der Waals surface area (Å²) in [5.74, 6) is 0.800. The Morgan fingerprint density at radius 2 is 1.83 bits per heavy atom. The van der Waals surface area contributed by atoms with Crippen LogP contribution in [0.4, 0.5) is 5.69 Å². The van der Waals surface area contributed by atoms with E-state index in [4.69, 9.17) is 9.47 Å². The Bertz CT molecular complexity index is 944. The minimum absolute atomic E-state index is 0.0557. The van der Waals surface area contributed by atoms with Gasteiger partial charge in [0.15, 0.2) is 11.5 Å². The van der Waals surface area contributed by atoms with Gasteiger partial charge in [-0.1, -0.05) is 24.3 Å². The summed E-state index contributed by atoms with van der Waals surface area (Å²) < 4.78 is 11.2. The number of ether oxygens (including phenoxy) is 2. The molecule has 2 heterocycles. The van der Waals surface area contributed by atoms with Gasteiger partial charge in [0.25, 0.3) is 0 Å². The lowest BCUT2D eigenvalue weighted by molar-refractivity contribution is -0.126. The molecule has 2 aromatic rings. The minimum Gasteiger partial charge on any atom is -0.486 e. The number of anilines is 1. The zero-order valence-corrected chi connectivity index (χ0v) is 17.4. The van der Waals surface area contributed by atoms with E-state index in [2.05, 4.69) is 16.3 Å². The van der Waals surface area contributed by atoms with E-state index in [0.29, 0.717) is 37.8 Å². The number of fused-ring (bicyclic) bond motifs is 1. The summed E-state index contributed by atoms with van der Waals surface area (Å²) >= 11 is 0. The molecule has 1 N–H and O–H groups in total. The van der Waals surface area contributed by atoms with Crippen molar-refractivity contribution in [3.05, 3.63) is 53.6 Å². The predicted octanol–water partition coefficient (Wildman–Crippen LogP) is 2.19. The molecule has 2 amide bonds. The van der Waals surface area contributed by atoms with Crippen LogP contribution in [0.5, 0.6) is 11.5 Å². The van der Waals surface area contributed by atoms with Crippen LogP contribution in [-0.2, 0) is 22.7 Å².